The molecule has 1 fully saturated rings. The van der Waals surface area contributed by atoms with Crippen molar-refractivity contribution < 1.29 is 19.2 Å². The predicted octanol–water partition coefficient (Wildman–Crippen LogP) is 2.13. The van der Waals surface area contributed by atoms with Gasteiger partial charge in [0.2, 0.25) is 0 Å². The fourth-order valence-electron chi connectivity index (χ4n) is 3.27. The molecule has 1 aliphatic heterocycles. The molecule has 0 aromatic heterocycles. The van der Waals surface area contributed by atoms with E-state index in [0.29, 0.717) is 30.8 Å². The van der Waals surface area contributed by atoms with E-state index in [4.69, 9.17) is 9.47 Å². The maximum Gasteiger partial charge on any atom is 0.166 e. The highest BCUT2D eigenvalue weighted by atomic mass is 16.5. The molecule has 0 unspecified atom stereocenters. The molecule has 0 radical (unpaired) electrons. The van der Waals surface area contributed by atoms with Crippen LogP contribution in [-0.2, 0) is 4.74 Å². The highest BCUT2D eigenvalue weighted by Gasteiger charge is 2.24. The van der Waals surface area contributed by atoms with E-state index in [2.05, 4.69) is 13.8 Å². The number of quaternary nitrogens is 1. The molecule has 0 bridgehead atoms. The fourth-order valence-corrected chi connectivity index (χ4v) is 3.27. The number of hydrogen-bond acceptors (Lipinski definition) is 3. The number of ketones is 1. The lowest BCUT2D eigenvalue weighted by molar-refractivity contribution is -0.915. The van der Waals surface area contributed by atoms with Crippen molar-refractivity contribution in [1.29, 1.82) is 0 Å². The molecule has 2 atom stereocenters. The Kier molecular flexibility index (Phi) is 7.06. The Morgan fingerprint density at radius 3 is 2.61 bits per heavy atom. The van der Waals surface area contributed by atoms with E-state index in [1.165, 1.54) is 0 Å². The first-order chi connectivity index (χ1) is 11.1. The second-order valence-corrected chi connectivity index (χ2v) is 6.49. The van der Waals surface area contributed by atoms with Crippen molar-refractivity contribution in [3.8, 4) is 5.75 Å². The van der Waals surface area contributed by atoms with Crippen molar-refractivity contribution >= 4 is 5.78 Å². The van der Waals surface area contributed by atoms with Gasteiger partial charge < -0.3 is 14.4 Å². The summed E-state index contributed by atoms with van der Waals surface area (Å²) in [5.41, 5.74) is 0.705. The molecule has 1 aromatic carbocycles. The second-order valence-electron chi connectivity index (χ2n) is 6.49. The molecule has 2 rings (SSSR count). The van der Waals surface area contributed by atoms with Crippen LogP contribution >= 0.6 is 0 Å². The van der Waals surface area contributed by atoms with Crippen molar-refractivity contribution in [2.75, 3.05) is 26.2 Å². The molecule has 1 heterocycles. The van der Waals surface area contributed by atoms with Crippen LogP contribution in [0, 0.1) is 0 Å². The van der Waals surface area contributed by atoms with Crippen molar-refractivity contribution in [1.82, 2.24) is 0 Å². The zero-order chi connectivity index (χ0) is 16.7. The van der Waals surface area contributed by atoms with Gasteiger partial charge in [-0.1, -0.05) is 19.1 Å². The number of carbonyl (C=O) groups is 1. The molecule has 1 saturated heterocycles. The standard InChI is InChI=1S/C19H29NO3/c1-4-18(21)17-9-5-6-10-19(17)22-12-8-7-11-20-13-15(2)23-16(3)14-20/h5-6,9-10,15-16H,4,7-8,11-14H2,1-3H3/p+1/t15-,16-/m1/s1. The highest BCUT2D eigenvalue weighted by Crippen LogP contribution is 2.19. The first kappa shape index (κ1) is 18.0. The Balaban J connectivity index is 1.71. The third-order valence-electron chi connectivity index (χ3n) is 4.31. The quantitative estimate of drug-likeness (QED) is 0.589. The van der Waals surface area contributed by atoms with Gasteiger partial charge in [0.15, 0.2) is 5.78 Å². The van der Waals surface area contributed by atoms with E-state index >= 15 is 0 Å². The number of ether oxygens (including phenoxy) is 2. The molecule has 4 nitrogen and oxygen atoms in total. The first-order valence-electron chi connectivity index (χ1n) is 8.84. The summed E-state index contributed by atoms with van der Waals surface area (Å²) in [4.78, 5) is 13.5. The van der Waals surface area contributed by atoms with Crippen molar-refractivity contribution in [3.63, 3.8) is 0 Å². The third kappa shape index (κ3) is 5.63. The van der Waals surface area contributed by atoms with Crippen LogP contribution in [0.4, 0.5) is 0 Å². The van der Waals surface area contributed by atoms with Gasteiger partial charge in [-0.2, -0.15) is 0 Å². The number of Topliss-reactive ketones (excluding diaryl/α,β-unsaturated/α-hetero) is 1. The van der Waals surface area contributed by atoms with E-state index in [0.717, 1.165) is 38.2 Å². The maximum absolute atomic E-state index is 11.9. The average Bonchev–Trinajstić information content (AvgIpc) is 2.53. The molecule has 1 N–H and O–H groups in total. The molecule has 128 valence electrons. The topological polar surface area (TPSA) is 40.0 Å². The summed E-state index contributed by atoms with van der Waals surface area (Å²) in [5.74, 6) is 0.863. The van der Waals surface area contributed by atoms with Gasteiger partial charge in [-0.05, 0) is 38.8 Å². The van der Waals surface area contributed by atoms with Crippen molar-refractivity contribution in [3.05, 3.63) is 29.8 Å². The number of para-hydroxylation sites is 1. The first-order valence-corrected chi connectivity index (χ1v) is 8.84. The van der Waals surface area contributed by atoms with E-state index in [1.54, 1.807) is 4.90 Å². The normalized spacial score (nSPS) is 24.4. The van der Waals surface area contributed by atoms with Crippen LogP contribution in [0.2, 0.25) is 0 Å². The number of carbonyl (C=O) groups excluding carboxylic acids is 1. The van der Waals surface area contributed by atoms with Crippen LogP contribution in [0.5, 0.6) is 5.75 Å². The Hall–Kier alpha value is -1.39. The Labute approximate surface area is 139 Å². The number of morpholine rings is 1. The largest absolute Gasteiger partial charge is 0.493 e. The van der Waals surface area contributed by atoms with E-state index < -0.39 is 0 Å². The van der Waals surface area contributed by atoms with Gasteiger partial charge in [-0.25, -0.2) is 0 Å². The summed E-state index contributed by atoms with van der Waals surface area (Å²) in [7, 11) is 0. The number of nitrogens with one attached hydrogen (secondary N) is 1. The van der Waals surface area contributed by atoms with Crippen LogP contribution in [0.1, 0.15) is 50.4 Å². The van der Waals surface area contributed by atoms with E-state index in [-0.39, 0.29) is 5.78 Å². The minimum atomic E-state index is 0.140. The van der Waals surface area contributed by atoms with Gasteiger partial charge in [0.1, 0.15) is 31.0 Å². The van der Waals surface area contributed by atoms with Gasteiger partial charge in [0.25, 0.3) is 0 Å². The average molecular weight is 320 g/mol. The zero-order valence-electron chi connectivity index (χ0n) is 14.6. The molecule has 4 heteroatoms. The second kappa shape index (κ2) is 9.04. The van der Waals surface area contributed by atoms with Gasteiger partial charge in [0, 0.05) is 6.42 Å². The molecule has 0 spiro atoms. The fraction of sp³-hybridized carbons (Fsp3) is 0.632. The van der Waals surface area contributed by atoms with Gasteiger partial charge in [0.05, 0.1) is 18.7 Å². The van der Waals surface area contributed by atoms with Crippen molar-refractivity contribution in [2.45, 2.75) is 52.2 Å². The van der Waals surface area contributed by atoms with Crippen LogP contribution in [0.15, 0.2) is 24.3 Å². The van der Waals surface area contributed by atoms with Crippen LogP contribution < -0.4 is 9.64 Å². The number of unbranched alkanes of at least 4 members (excludes halogenated alkanes) is 1. The molecular formula is C19H30NO3+. The predicted molar refractivity (Wildman–Crippen MR) is 91.4 cm³/mol. The summed E-state index contributed by atoms with van der Waals surface area (Å²) < 4.78 is 11.6. The lowest BCUT2D eigenvalue weighted by Gasteiger charge is -2.32. The summed E-state index contributed by atoms with van der Waals surface area (Å²) in [6.45, 7) is 10.2. The lowest BCUT2D eigenvalue weighted by Crippen LogP contribution is -3.15. The van der Waals surface area contributed by atoms with E-state index in [1.807, 2.05) is 31.2 Å². The molecule has 1 aromatic rings. The Bertz CT molecular complexity index is 493. The SMILES string of the molecule is CCC(=O)c1ccccc1OCCCC[NH+]1C[C@@H](C)O[C@H](C)C1. The van der Waals surface area contributed by atoms with Crippen molar-refractivity contribution in [2.24, 2.45) is 0 Å². The molecular weight excluding hydrogens is 290 g/mol. The Morgan fingerprint density at radius 1 is 1.22 bits per heavy atom. The minimum absolute atomic E-state index is 0.140. The number of rotatable bonds is 8. The van der Waals surface area contributed by atoms with Gasteiger partial charge in [-0.3, -0.25) is 4.79 Å². The smallest absolute Gasteiger partial charge is 0.166 e. The molecule has 0 amide bonds. The lowest BCUT2D eigenvalue weighted by atomic mass is 10.1. The van der Waals surface area contributed by atoms with Gasteiger partial charge >= 0.3 is 0 Å². The van der Waals surface area contributed by atoms with Crippen LogP contribution in [0.3, 0.4) is 0 Å². The molecule has 1 aliphatic rings. The summed E-state index contributed by atoms with van der Waals surface area (Å²) in [6.07, 6.45) is 3.38. The molecule has 0 aliphatic carbocycles. The highest BCUT2D eigenvalue weighted by molar-refractivity contribution is 5.98. The summed E-state index contributed by atoms with van der Waals surface area (Å²) in [6, 6.07) is 7.55. The maximum atomic E-state index is 11.9. The summed E-state index contributed by atoms with van der Waals surface area (Å²) in [5, 5.41) is 0. The summed E-state index contributed by atoms with van der Waals surface area (Å²) >= 11 is 0. The van der Waals surface area contributed by atoms with E-state index in [9.17, 15) is 4.79 Å². The number of hydrogen-bond donors (Lipinski definition) is 1. The number of benzene rings is 1. The van der Waals surface area contributed by atoms with Crippen LogP contribution in [0.25, 0.3) is 0 Å². The molecule has 0 saturated carbocycles. The monoisotopic (exact) mass is 320 g/mol. The molecule has 23 heavy (non-hydrogen) atoms. The zero-order valence-corrected chi connectivity index (χ0v) is 14.6. The van der Waals surface area contributed by atoms with Crippen LogP contribution in [-0.4, -0.2) is 44.2 Å². The minimum Gasteiger partial charge on any atom is -0.493 e. The van der Waals surface area contributed by atoms with Gasteiger partial charge in [-0.15, -0.1) is 0 Å². The third-order valence-corrected chi connectivity index (χ3v) is 4.31. The Morgan fingerprint density at radius 2 is 1.91 bits per heavy atom.